The van der Waals surface area contributed by atoms with Crippen molar-refractivity contribution in [2.24, 2.45) is 5.92 Å². The van der Waals surface area contributed by atoms with Crippen LogP contribution in [-0.2, 0) is 16.8 Å². The number of fused-ring (bicyclic) bond motifs is 1. The molecule has 0 aliphatic carbocycles. The van der Waals surface area contributed by atoms with E-state index in [0.29, 0.717) is 6.54 Å². The highest BCUT2D eigenvalue weighted by atomic mass is 16.5. The second-order valence-electron chi connectivity index (χ2n) is 11.0. The molecular formula is C27H40N6O2. The van der Waals surface area contributed by atoms with Gasteiger partial charge >= 0.3 is 0 Å². The first kappa shape index (κ1) is 25.5. The Morgan fingerprint density at radius 2 is 2.06 bits per heavy atom. The predicted octanol–water partition coefficient (Wildman–Crippen LogP) is 4.65. The lowest BCUT2D eigenvalue weighted by molar-refractivity contribution is 0.0368. The van der Waals surface area contributed by atoms with E-state index in [2.05, 4.69) is 86.0 Å². The summed E-state index contributed by atoms with van der Waals surface area (Å²) in [5.41, 5.74) is 3.70. The number of hydrogen-bond acceptors (Lipinski definition) is 6. The zero-order chi connectivity index (χ0) is 25.3. The van der Waals surface area contributed by atoms with Crippen LogP contribution in [-0.4, -0.2) is 49.3 Å². The molecule has 1 aromatic carbocycles. The Balaban J connectivity index is 1.77. The smallest absolute Gasteiger partial charge is 0.252 e. The highest BCUT2D eigenvalue weighted by molar-refractivity contribution is 5.83. The summed E-state index contributed by atoms with van der Waals surface area (Å²) in [6, 6.07) is 6.18. The third-order valence-electron chi connectivity index (χ3n) is 7.69. The fourth-order valence-corrected chi connectivity index (χ4v) is 5.08. The van der Waals surface area contributed by atoms with Gasteiger partial charge in [-0.2, -0.15) is 0 Å². The predicted molar refractivity (Wildman–Crippen MR) is 138 cm³/mol. The summed E-state index contributed by atoms with van der Waals surface area (Å²) < 4.78 is 8.00. The molecule has 0 spiro atoms. The van der Waals surface area contributed by atoms with Crippen LogP contribution in [0.5, 0.6) is 0 Å². The van der Waals surface area contributed by atoms with Gasteiger partial charge in [0.1, 0.15) is 0 Å². The average Bonchev–Trinajstić information content (AvgIpc) is 3.50. The van der Waals surface area contributed by atoms with Crippen molar-refractivity contribution < 1.29 is 4.74 Å². The molecule has 1 aliphatic rings. The van der Waals surface area contributed by atoms with Crippen molar-refractivity contribution in [2.45, 2.75) is 92.0 Å². The number of tetrazole rings is 1. The quantitative estimate of drug-likeness (QED) is 0.479. The number of hydrogen-bond donors (Lipinski definition) is 1. The number of aromatic amines is 1. The largest absolute Gasteiger partial charge is 0.377 e. The van der Waals surface area contributed by atoms with Crippen LogP contribution in [0.4, 0.5) is 0 Å². The van der Waals surface area contributed by atoms with Gasteiger partial charge in [-0.05, 0) is 85.9 Å². The minimum atomic E-state index is -0.211. The van der Waals surface area contributed by atoms with Crippen LogP contribution >= 0.6 is 0 Å². The third kappa shape index (κ3) is 5.19. The Morgan fingerprint density at radius 1 is 1.29 bits per heavy atom. The summed E-state index contributed by atoms with van der Waals surface area (Å²) in [5, 5.41) is 14.0. The Morgan fingerprint density at radius 3 is 2.71 bits per heavy atom. The van der Waals surface area contributed by atoms with Gasteiger partial charge in [-0.15, -0.1) is 5.10 Å². The number of nitrogens with one attached hydrogen (secondary N) is 1. The molecule has 4 rings (SSSR count). The first-order valence-electron chi connectivity index (χ1n) is 12.9. The second kappa shape index (κ2) is 10.2. The summed E-state index contributed by atoms with van der Waals surface area (Å²) in [6.45, 7) is 17.0. The highest BCUT2D eigenvalue weighted by Gasteiger charge is 2.35. The van der Waals surface area contributed by atoms with Crippen LogP contribution in [0, 0.1) is 19.8 Å². The van der Waals surface area contributed by atoms with E-state index in [1.807, 2.05) is 10.7 Å². The normalized spacial score (nSPS) is 17.7. The average molecular weight is 481 g/mol. The molecule has 1 fully saturated rings. The minimum absolute atomic E-state index is 0.0421. The number of aryl methyl sites for hydroxylation is 2. The number of aromatic nitrogens is 5. The summed E-state index contributed by atoms with van der Waals surface area (Å²) in [5.74, 6) is 1.08. The van der Waals surface area contributed by atoms with E-state index >= 15 is 0 Å². The van der Waals surface area contributed by atoms with Gasteiger partial charge in [0.2, 0.25) is 0 Å². The standard InChI is InChI=1S/C27H40N6O2/c1-8-27(6,7)33-25(29-30-31-33)24(17(2)3)32(16-22-10-9-13-35-22)15-21-14-20-12-11-18(4)19(5)23(20)28-26(21)34/h11-12,14,17,22,24H,8-10,13,15-16H2,1-7H3,(H,28,34)/t22-,24+/m1/s1. The molecule has 8 nitrogen and oxygen atoms in total. The highest BCUT2D eigenvalue weighted by Crippen LogP contribution is 2.33. The second-order valence-corrected chi connectivity index (χ2v) is 11.0. The van der Waals surface area contributed by atoms with E-state index < -0.39 is 0 Å². The molecular weight excluding hydrogens is 440 g/mol. The molecule has 2 aromatic heterocycles. The van der Waals surface area contributed by atoms with Crippen LogP contribution < -0.4 is 5.56 Å². The van der Waals surface area contributed by atoms with Crippen LogP contribution in [0.2, 0.25) is 0 Å². The van der Waals surface area contributed by atoms with Gasteiger partial charge in [0.15, 0.2) is 5.82 Å². The van der Waals surface area contributed by atoms with Gasteiger partial charge in [0, 0.05) is 25.3 Å². The molecule has 8 heteroatoms. The minimum Gasteiger partial charge on any atom is -0.377 e. The number of rotatable bonds is 9. The van der Waals surface area contributed by atoms with Crippen molar-refractivity contribution in [3.63, 3.8) is 0 Å². The molecule has 0 unspecified atom stereocenters. The lowest BCUT2D eigenvalue weighted by atomic mass is 9.96. The van der Waals surface area contributed by atoms with Crippen molar-refractivity contribution >= 4 is 10.9 Å². The fourth-order valence-electron chi connectivity index (χ4n) is 5.08. The summed E-state index contributed by atoms with van der Waals surface area (Å²) in [6.07, 6.45) is 3.15. The van der Waals surface area contributed by atoms with Gasteiger partial charge < -0.3 is 9.72 Å². The van der Waals surface area contributed by atoms with E-state index in [0.717, 1.165) is 60.3 Å². The number of benzene rings is 1. The molecule has 1 aliphatic heterocycles. The first-order valence-corrected chi connectivity index (χ1v) is 12.9. The van der Waals surface area contributed by atoms with E-state index in [-0.39, 0.29) is 29.2 Å². The SMILES string of the molecule is CCC(C)(C)n1nnnc1[C@H](C(C)C)N(Cc1cc2ccc(C)c(C)c2[nH]c1=O)C[C@H]1CCCO1. The van der Waals surface area contributed by atoms with Gasteiger partial charge in [0.25, 0.3) is 5.56 Å². The first-order chi connectivity index (χ1) is 16.6. The maximum Gasteiger partial charge on any atom is 0.252 e. The number of nitrogens with zero attached hydrogens (tertiary/aromatic N) is 5. The topological polar surface area (TPSA) is 88.9 Å². The maximum atomic E-state index is 13.3. The monoisotopic (exact) mass is 480 g/mol. The third-order valence-corrected chi connectivity index (χ3v) is 7.69. The van der Waals surface area contributed by atoms with Crippen LogP contribution in [0.1, 0.15) is 82.4 Å². The summed E-state index contributed by atoms with van der Waals surface area (Å²) in [4.78, 5) is 18.8. The Hall–Kier alpha value is -2.58. The lowest BCUT2D eigenvalue weighted by Crippen LogP contribution is -2.41. The Labute approximate surface area is 208 Å². The van der Waals surface area contributed by atoms with Gasteiger partial charge in [-0.25, -0.2) is 4.68 Å². The number of H-pyrrole nitrogens is 1. The van der Waals surface area contributed by atoms with Crippen LogP contribution in [0.3, 0.4) is 0 Å². The fraction of sp³-hybridized carbons (Fsp3) is 0.630. The molecule has 0 radical (unpaired) electrons. The molecule has 0 amide bonds. The van der Waals surface area contributed by atoms with Crippen molar-refractivity contribution in [1.29, 1.82) is 0 Å². The van der Waals surface area contributed by atoms with E-state index in [1.165, 1.54) is 5.56 Å². The molecule has 1 N–H and O–H groups in total. The molecule has 0 saturated carbocycles. The molecule has 3 heterocycles. The number of pyridine rings is 1. The van der Waals surface area contributed by atoms with Crippen molar-refractivity contribution in [1.82, 2.24) is 30.1 Å². The molecule has 0 bridgehead atoms. The van der Waals surface area contributed by atoms with Gasteiger partial charge in [-0.3, -0.25) is 9.69 Å². The molecule has 35 heavy (non-hydrogen) atoms. The van der Waals surface area contributed by atoms with Crippen molar-refractivity contribution in [3.8, 4) is 0 Å². The Kier molecular flexibility index (Phi) is 7.43. The molecule has 2 atom stereocenters. The molecule has 1 saturated heterocycles. The summed E-state index contributed by atoms with van der Waals surface area (Å²) in [7, 11) is 0. The molecule has 190 valence electrons. The zero-order valence-electron chi connectivity index (χ0n) is 22.3. The summed E-state index contributed by atoms with van der Waals surface area (Å²) >= 11 is 0. The van der Waals surface area contributed by atoms with Crippen molar-refractivity contribution in [2.75, 3.05) is 13.2 Å². The number of ether oxygens (including phenoxy) is 1. The molecule has 3 aromatic rings. The van der Waals surface area contributed by atoms with Gasteiger partial charge in [0.05, 0.1) is 23.2 Å². The van der Waals surface area contributed by atoms with Crippen molar-refractivity contribution in [3.05, 3.63) is 51.1 Å². The van der Waals surface area contributed by atoms with Crippen LogP contribution in [0.15, 0.2) is 23.0 Å². The Bertz CT molecular complexity index is 1220. The van der Waals surface area contributed by atoms with E-state index in [4.69, 9.17) is 4.74 Å². The lowest BCUT2D eigenvalue weighted by Gasteiger charge is -2.36. The maximum absolute atomic E-state index is 13.3. The van der Waals surface area contributed by atoms with Crippen LogP contribution in [0.25, 0.3) is 10.9 Å². The van der Waals surface area contributed by atoms with E-state index in [9.17, 15) is 4.79 Å². The van der Waals surface area contributed by atoms with Gasteiger partial charge in [-0.1, -0.05) is 32.9 Å². The zero-order valence-corrected chi connectivity index (χ0v) is 22.3. The van der Waals surface area contributed by atoms with E-state index in [1.54, 1.807) is 0 Å².